The molecule has 3 unspecified atom stereocenters. The van der Waals surface area contributed by atoms with Crippen LogP contribution in [0.25, 0.3) is 0 Å². The van der Waals surface area contributed by atoms with Crippen molar-refractivity contribution in [2.24, 2.45) is 0 Å². The van der Waals surface area contributed by atoms with Crippen molar-refractivity contribution in [3.05, 3.63) is 36.5 Å². The lowest BCUT2D eigenvalue weighted by Crippen LogP contribution is -2.46. The Bertz CT molecular complexity index is 977. The highest BCUT2D eigenvalue weighted by molar-refractivity contribution is 5.77. The maximum atomic E-state index is 13.2. The number of ether oxygens (including phenoxy) is 1. The molecule has 0 aliphatic heterocycles. The number of amides is 1. The average Bonchev–Trinajstić information content (AvgIpc) is 3.23. The molecule has 0 aromatic rings. The molecule has 0 aliphatic carbocycles. The molecule has 0 aliphatic rings. The van der Waals surface area contributed by atoms with Crippen LogP contribution in [0.4, 0.5) is 0 Å². The minimum absolute atomic E-state index is 0.0734. The molecule has 0 fully saturated rings. The number of aliphatic hydroxyl groups excluding tert-OH is 2. The molecule has 6 heteroatoms. The van der Waals surface area contributed by atoms with E-state index in [0.29, 0.717) is 19.3 Å². The van der Waals surface area contributed by atoms with Crippen molar-refractivity contribution in [1.29, 1.82) is 0 Å². The van der Waals surface area contributed by atoms with Crippen LogP contribution in [0, 0.1) is 0 Å². The molecular weight excluding hydrogens is 731 g/mol. The normalized spacial score (nSPS) is 13.5. The summed E-state index contributed by atoms with van der Waals surface area (Å²) in [5, 5.41) is 23.7. The molecule has 3 N–H and O–H groups in total. The second-order valence-electron chi connectivity index (χ2n) is 17.5. The van der Waals surface area contributed by atoms with Crippen molar-refractivity contribution in [2.75, 3.05) is 6.61 Å². The van der Waals surface area contributed by atoms with E-state index in [1.165, 1.54) is 141 Å². The summed E-state index contributed by atoms with van der Waals surface area (Å²) in [6.07, 6.45) is 54.9. The minimum Gasteiger partial charge on any atom is -0.462 e. The largest absolute Gasteiger partial charge is 0.462 e. The van der Waals surface area contributed by atoms with Gasteiger partial charge >= 0.3 is 5.97 Å². The molecule has 0 bridgehead atoms. The fourth-order valence-corrected chi connectivity index (χ4v) is 7.82. The number of aliphatic hydroxyl groups is 2. The number of nitrogens with one attached hydrogen (secondary N) is 1. The van der Waals surface area contributed by atoms with E-state index in [4.69, 9.17) is 4.74 Å². The third-order valence-corrected chi connectivity index (χ3v) is 11.7. The first-order valence-corrected chi connectivity index (χ1v) is 25.7. The molecule has 0 aromatic heterocycles. The molecule has 3 atom stereocenters. The molecule has 0 rings (SSSR count). The SMILES string of the molecule is CC/C=C/C/C=C/CCCCCCCCCC(=O)OC(CCCCCCCCC/C=C/CCCCCCCC)CC(=O)NC(CO)C(O)CCCCCCCCCCC. The number of rotatable bonds is 46. The van der Waals surface area contributed by atoms with Gasteiger partial charge in [0.25, 0.3) is 0 Å². The highest BCUT2D eigenvalue weighted by Gasteiger charge is 2.24. The van der Waals surface area contributed by atoms with E-state index in [2.05, 4.69) is 62.5 Å². The lowest BCUT2D eigenvalue weighted by molar-refractivity contribution is -0.151. The summed E-state index contributed by atoms with van der Waals surface area (Å²) in [6.45, 7) is 6.36. The van der Waals surface area contributed by atoms with Gasteiger partial charge < -0.3 is 20.3 Å². The average molecular weight is 830 g/mol. The Morgan fingerprint density at radius 3 is 1.39 bits per heavy atom. The zero-order valence-corrected chi connectivity index (χ0v) is 39.4. The Morgan fingerprint density at radius 2 is 0.915 bits per heavy atom. The molecule has 0 spiro atoms. The van der Waals surface area contributed by atoms with Crippen molar-refractivity contribution in [3.8, 4) is 0 Å². The highest BCUT2D eigenvalue weighted by atomic mass is 16.5. The van der Waals surface area contributed by atoms with Gasteiger partial charge in [0.1, 0.15) is 6.10 Å². The number of esters is 1. The zero-order chi connectivity index (χ0) is 43.1. The van der Waals surface area contributed by atoms with Gasteiger partial charge in [-0.2, -0.15) is 0 Å². The van der Waals surface area contributed by atoms with Crippen LogP contribution in [0.5, 0.6) is 0 Å². The molecule has 0 radical (unpaired) electrons. The lowest BCUT2D eigenvalue weighted by atomic mass is 10.0. The van der Waals surface area contributed by atoms with Crippen LogP contribution >= 0.6 is 0 Å². The molecule has 1 amide bonds. The maximum absolute atomic E-state index is 13.2. The number of hydrogen-bond donors (Lipinski definition) is 3. The van der Waals surface area contributed by atoms with Crippen molar-refractivity contribution in [1.82, 2.24) is 5.32 Å². The van der Waals surface area contributed by atoms with Gasteiger partial charge in [-0.25, -0.2) is 0 Å². The van der Waals surface area contributed by atoms with Gasteiger partial charge in [0.15, 0.2) is 0 Å². The van der Waals surface area contributed by atoms with Crippen molar-refractivity contribution >= 4 is 11.9 Å². The molecular formula is C53H99NO5. The summed E-state index contributed by atoms with van der Waals surface area (Å²) in [7, 11) is 0. The van der Waals surface area contributed by atoms with Gasteiger partial charge in [0, 0.05) is 6.42 Å². The van der Waals surface area contributed by atoms with E-state index < -0.39 is 18.2 Å². The van der Waals surface area contributed by atoms with Gasteiger partial charge in [0.05, 0.1) is 25.2 Å². The third kappa shape index (κ3) is 42.6. The molecule has 346 valence electrons. The fraction of sp³-hybridized carbons (Fsp3) is 0.849. The summed E-state index contributed by atoms with van der Waals surface area (Å²) in [5.41, 5.74) is 0. The van der Waals surface area contributed by atoms with Gasteiger partial charge in [-0.05, 0) is 77.0 Å². The van der Waals surface area contributed by atoms with Gasteiger partial charge in [-0.1, -0.05) is 211 Å². The minimum atomic E-state index is -0.787. The molecule has 59 heavy (non-hydrogen) atoms. The second-order valence-corrected chi connectivity index (χ2v) is 17.5. The summed E-state index contributed by atoms with van der Waals surface area (Å²) in [4.78, 5) is 26.1. The molecule has 0 heterocycles. The van der Waals surface area contributed by atoms with E-state index in [1.807, 2.05) is 0 Å². The number of carbonyl (C=O) groups excluding carboxylic acids is 2. The second kappa shape index (κ2) is 47.1. The topological polar surface area (TPSA) is 95.9 Å². The van der Waals surface area contributed by atoms with Crippen molar-refractivity contribution < 1.29 is 24.5 Å². The molecule has 0 saturated heterocycles. The molecule has 0 aromatic carbocycles. The maximum Gasteiger partial charge on any atom is 0.306 e. The number of carbonyl (C=O) groups is 2. The van der Waals surface area contributed by atoms with E-state index in [0.717, 1.165) is 77.0 Å². The summed E-state index contributed by atoms with van der Waals surface area (Å²) in [5.74, 6) is -0.480. The van der Waals surface area contributed by atoms with E-state index in [1.54, 1.807) is 0 Å². The predicted molar refractivity (Wildman–Crippen MR) is 255 cm³/mol. The van der Waals surface area contributed by atoms with E-state index in [-0.39, 0.29) is 24.9 Å². The Kier molecular flexibility index (Phi) is 45.6. The number of allylic oxidation sites excluding steroid dienone is 6. The van der Waals surface area contributed by atoms with E-state index in [9.17, 15) is 19.8 Å². The van der Waals surface area contributed by atoms with Crippen molar-refractivity contribution in [2.45, 2.75) is 283 Å². The van der Waals surface area contributed by atoms with Crippen LogP contribution in [-0.2, 0) is 14.3 Å². The van der Waals surface area contributed by atoms with Crippen LogP contribution in [0.2, 0.25) is 0 Å². The lowest BCUT2D eigenvalue weighted by Gasteiger charge is -2.24. The summed E-state index contributed by atoms with van der Waals surface area (Å²) >= 11 is 0. The number of hydrogen-bond acceptors (Lipinski definition) is 5. The van der Waals surface area contributed by atoms with Crippen LogP contribution in [0.15, 0.2) is 36.5 Å². The van der Waals surface area contributed by atoms with Gasteiger partial charge in [-0.15, -0.1) is 0 Å². The summed E-state index contributed by atoms with van der Waals surface area (Å²) < 4.78 is 5.93. The van der Waals surface area contributed by atoms with Crippen LogP contribution in [-0.4, -0.2) is 46.9 Å². The Hall–Kier alpha value is -1.92. The Morgan fingerprint density at radius 1 is 0.508 bits per heavy atom. The van der Waals surface area contributed by atoms with Crippen LogP contribution in [0.1, 0.15) is 265 Å². The Balaban J connectivity index is 4.57. The van der Waals surface area contributed by atoms with Crippen LogP contribution in [0.3, 0.4) is 0 Å². The first-order chi connectivity index (χ1) is 29.0. The standard InChI is InChI=1S/C53H99NO5/c1-4-7-10-13-16-19-21-23-25-26-27-28-30-33-35-38-41-44-49(59-53(58)46-43-40-37-34-31-29-24-22-20-17-14-11-8-5-2)47-52(57)54-50(48-55)51(56)45-42-39-36-32-18-15-12-9-6-3/h8,11,17,20,23,25,49-51,55-56H,4-7,9-10,12-16,18-19,21-22,24,26-48H2,1-3H3,(H,54,57)/b11-8+,20-17+,25-23+. The van der Waals surface area contributed by atoms with Crippen LogP contribution < -0.4 is 5.32 Å². The van der Waals surface area contributed by atoms with Gasteiger partial charge in [0.2, 0.25) is 5.91 Å². The quantitative estimate of drug-likeness (QED) is 0.0323. The predicted octanol–water partition coefficient (Wildman–Crippen LogP) is 15.3. The summed E-state index contributed by atoms with van der Waals surface area (Å²) in [6, 6.07) is -0.701. The first kappa shape index (κ1) is 57.1. The van der Waals surface area contributed by atoms with E-state index >= 15 is 0 Å². The zero-order valence-electron chi connectivity index (χ0n) is 39.4. The smallest absolute Gasteiger partial charge is 0.306 e. The highest BCUT2D eigenvalue weighted by Crippen LogP contribution is 2.18. The Labute approximate surface area is 366 Å². The van der Waals surface area contributed by atoms with Gasteiger partial charge in [-0.3, -0.25) is 9.59 Å². The third-order valence-electron chi connectivity index (χ3n) is 11.7. The first-order valence-electron chi connectivity index (χ1n) is 25.7. The van der Waals surface area contributed by atoms with Crippen molar-refractivity contribution in [3.63, 3.8) is 0 Å². The molecule has 6 nitrogen and oxygen atoms in total. The molecule has 0 saturated carbocycles. The monoisotopic (exact) mass is 830 g/mol. The fourth-order valence-electron chi connectivity index (χ4n) is 7.82. The number of unbranched alkanes of at least 4 members (excludes halogenated alkanes) is 28.